The van der Waals surface area contributed by atoms with Crippen LogP contribution in [0.4, 0.5) is 4.39 Å². The van der Waals surface area contributed by atoms with E-state index in [-0.39, 0.29) is 17.6 Å². The molecule has 104 valence electrons. The SMILES string of the molecule is Oc1ccc2c(c1)OCC2NCc1cc(Br)ccc1F. The van der Waals surface area contributed by atoms with Gasteiger partial charge in [0.25, 0.3) is 0 Å². The second kappa shape index (κ2) is 5.42. The number of hydrogen-bond donors (Lipinski definition) is 2. The van der Waals surface area contributed by atoms with Crippen molar-refractivity contribution in [3.63, 3.8) is 0 Å². The first-order valence-electron chi connectivity index (χ1n) is 6.26. The Bertz CT molecular complexity index is 648. The number of hydrogen-bond acceptors (Lipinski definition) is 3. The minimum Gasteiger partial charge on any atom is -0.508 e. The van der Waals surface area contributed by atoms with E-state index in [2.05, 4.69) is 21.2 Å². The highest BCUT2D eigenvalue weighted by molar-refractivity contribution is 9.10. The molecule has 5 heteroatoms. The number of phenolic OH excluding ortho intramolecular Hbond substituents is 1. The number of benzene rings is 2. The Morgan fingerprint density at radius 1 is 1.30 bits per heavy atom. The number of ether oxygens (including phenoxy) is 1. The number of rotatable bonds is 3. The second-order valence-electron chi connectivity index (χ2n) is 4.70. The molecular formula is C15H13BrFNO2. The van der Waals surface area contributed by atoms with Gasteiger partial charge in [0.15, 0.2) is 0 Å². The van der Waals surface area contributed by atoms with E-state index in [1.807, 2.05) is 6.07 Å². The maximum Gasteiger partial charge on any atom is 0.127 e. The van der Waals surface area contributed by atoms with Crippen molar-refractivity contribution in [3.8, 4) is 11.5 Å². The molecule has 0 radical (unpaired) electrons. The highest BCUT2D eigenvalue weighted by Crippen LogP contribution is 2.35. The maximum absolute atomic E-state index is 13.7. The van der Waals surface area contributed by atoms with Crippen LogP contribution in [0.3, 0.4) is 0 Å². The van der Waals surface area contributed by atoms with E-state index in [9.17, 15) is 9.50 Å². The highest BCUT2D eigenvalue weighted by atomic mass is 79.9. The molecule has 1 unspecified atom stereocenters. The molecule has 3 rings (SSSR count). The van der Waals surface area contributed by atoms with Crippen molar-refractivity contribution in [2.75, 3.05) is 6.61 Å². The largest absolute Gasteiger partial charge is 0.508 e. The van der Waals surface area contributed by atoms with Crippen molar-refractivity contribution in [2.45, 2.75) is 12.6 Å². The van der Waals surface area contributed by atoms with Gasteiger partial charge in [-0.05, 0) is 30.3 Å². The third-order valence-electron chi connectivity index (χ3n) is 3.32. The topological polar surface area (TPSA) is 41.5 Å². The molecule has 2 N–H and O–H groups in total. The first kappa shape index (κ1) is 13.4. The normalized spacial score (nSPS) is 16.8. The summed E-state index contributed by atoms with van der Waals surface area (Å²) < 4.78 is 20.0. The average Bonchev–Trinajstić information content (AvgIpc) is 2.82. The van der Waals surface area contributed by atoms with E-state index in [1.165, 1.54) is 6.07 Å². The Hall–Kier alpha value is -1.59. The van der Waals surface area contributed by atoms with Crippen molar-refractivity contribution < 1.29 is 14.2 Å². The van der Waals surface area contributed by atoms with E-state index in [0.29, 0.717) is 24.5 Å². The van der Waals surface area contributed by atoms with E-state index in [4.69, 9.17) is 4.74 Å². The lowest BCUT2D eigenvalue weighted by Gasteiger charge is -2.12. The molecule has 1 atom stereocenters. The summed E-state index contributed by atoms with van der Waals surface area (Å²) in [5.74, 6) is 0.630. The van der Waals surface area contributed by atoms with Crippen LogP contribution < -0.4 is 10.1 Å². The molecule has 0 saturated carbocycles. The lowest BCUT2D eigenvalue weighted by Crippen LogP contribution is -2.22. The number of nitrogens with one attached hydrogen (secondary N) is 1. The molecule has 0 bridgehead atoms. The lowest BCUT2D eigenvalue weighted by atomic mass is 10.1. The van der Waals surface area contributed by atoms with Crippen LogP contribution in [0.2, 0.25) is 0 Å². The van der Waals surface area contributed by atoms with E-state index in [0.717, 1.165) is 10.0 Å². The third kappa shape index (κ3) is 2.64. The molecule has 0 aromatic heterocycles. The van der Waals surface area contributed by atoms with Crippen LogP contribution in [0.25, 0.3) is 0 Å². The number of fused-ring (bicyclic) bond motifs is 1. The van der Waals surface area contributed by atoms with Crippen LogP contribution in [0, 0.1) is 5.82 Å². The summed E-state index contributed by atoms with van der Waals surface area (Å²) in [5, 5.41) is 12.7. The molecule has 1 aliphatic rings. The Morgan fingerprint density at radius 2 is 2.15 bits per heavy atom. The molecule has 0 spiro atoms. The molecule has 0 fully saturated rings. The Kier molecular flexibility index (Phi) is 3.63. The summed E-state index contributed by atoms with van der Waals surface area (Å²) in [7, 11) is 0. The standard InChI is InChI=1S/C15H13BrFNO2/c16-10-1-4-13(17)9(5-10)7-18-14-8-20-15-6-11(19)2-3-12(14)15/h1-6,14,18-19H,7-8H2. The molecule has 1 heterocycles. The van der Waals surface area contributed by atoms with E-state index < -0.39 is 0 Å². The summed E-state index contributed by atoms with van der Waals surface area (Å²) in [6.45, 7) is 0.897. The van der Waals surface area contributed by atoms with Crippen molar-refractivity contribution in [1.82, 2.24) is 5.32 Å². The highest BCUT2D eigenvalue weighted by Gasteiger charge is 2.24. The van der Waals surface area contributed by atoms with Gasteiger partial charge in [0.05, 0.1) is 6.04 Å². The van der Waals surface area contributed by atoms with Crippen LogP contribution in [-0.2, 0) is 6.54 Å². The molecule has 0 amide bonds. The molecule has 2 aromatic carbocycles. The van der Waals surface area contributed by atoms with Crippen LogP contribution >= 0.6 is 15.9 Å². The second-order valence-corrected chi connectivity index (χ2v) is 5.62. The number of aromatic hydroxyl groups is 1. The molecule has 2 aromatic rings. The Balaban J connectivity index is 1.73. The van der Waals surface area contributed by atoms with Gasteiger partial charge in [0, 0.05) is 28.2 Å². The third-order valence-corrected chi connectivity index (χ3v) is 3.82. The van der Waals surface area contributed by atoms with Crippen LogP contribution in [0.1, 0.15) is 17.2 Å². The average molecular weight is 338 g/mol. The smallest absolute Gasteiger partial charge is 0.127 e. The van der Waals surface area contributed by atoms with Gasteiger partial charge in [-0.1, -0.05) is 15.9 Å². The fraction of sp³-hybridized carbons (Fsp3) is 0.200. The Morgan fingerprint density at radius 3 is 3.00 bits per heavy atom. The first-order valence-corrected chi connectivity index (χ1v) is 7.06. The summed E-state index contributed by atoms with van der Waals surface area (Å²) in [6, 6.07) is 9.93. The Labute approximate surface area is 124 Å². The van der Waals surface area contributed by atoms with Crippen molar-refractivity contribution in [2.24, 2.45) is 0 Å². The quantitative estimate of drug-likeness (QED) is 0.900. The maximum atomic E-state index is 13.7. The van der Waals surface area contributed by atoms with Gasteiger partial charge >= 0.3 is 0 Å². The van der Waals surface area contributed by atoms with Gasteiger partial charge in [0.2, 0.25) is 0 Å². The number of phenols is 1. The summed E-state index contributed by atoms with van der Waals surface area (Å²) in [4.78, 5) is 0. The fourth-order valence-corrected chi connectivity index (χ4v) is 2.69. The zero-order valence-corrected chi connectivity index (χ0v) is 12.2. The van der Waals surface area contributed by atoms with Crippen molar-refractivity contribution in [1.29, 1.82) is 0 Å². The van der Waals surface area contributed by atoms with Gasteiger partial charge in [-0.2, -0.15) is 0 Å². The van der Waals surface area contributed by atoms with Crippen LogP contribution in [-0.4, -0.2) is 11.7 Å². The fourth-order valence-electron chi connectivity index (χ4n) is 2.28. The predicted molar refractivity (Wildman–Crippen MR) is 77.3 cm³/mol. The predicted octanol–water partition coefficient (Wildman–Crippen LogP) is 3.52. The van der Waals surface area contributed by atoms with Gasteiger partial charge in [0.1, 0.15) is 23.9 Å². The van der Waals surface area contributed by atoms with Crippen LogP contribution in [0.5, 0.6) is 11.5 Å². The zero-order chi connectivity index (χ0) is 14.1. The van der Waals surface area contributed by atoms with Crippen molar-refractivity contribution in [3.05, 3.63) is 57.8 Å². The lowest BCUT2D eigenvalue weighted by molar-refractivity contribution is 0.309. The van der Waals surface area contributed by atoms with E-state index in [1.54, 1.807) is 24.3 Å². The summed E-state index contributed by atoms with van der Waals surface area (Å²) >= 11 is 3.34. The molecular weight excluding hydrogens is 325 g/mol. The minimum atomic E-state index is -0.231. The monoisotopic (exact) mass is 337 g/mol. The summed E-state index contributed by atoms with van der Waals surface area (Å²) in [5.41, 5.74) is 1.59. The van der Waals surface area contributed by atoms with E-state index >= 15 is 0 Å². The molecule has 3 nitrogen and oxygen atoms in total. The molecule has 0 aliphatic carbocycles. The van der Waals surface area contributed by atoms with Gasteiger partial charge < -0.3 is 15.2 Å². The molecule has 20 heavy (non-hydrogen) atoms. The molecule has 1 aliphatic heterocycles. The summed E-state index contributed by atoms with van der Waals surface area (Å²) in [6.07, 6.45) is 0. The van der Waals surface area contributed by atoms with Gasteiger partial charge in [-0.15, -0.1) is 0 Å². The number of halogens is 2. The van der Waals surface area contributed by atoms with Crippen molar-refractivity contribution >= 4 is 15.9 Å². The zero-order valence-electron chi connectivity index (χ0n) is 10.6. The van der Waals surface area contributed by atoms with Gasteiger partial charge in [-0.3, -0.25) is 0 Å². The van der Waals surface area contributed by atoms with Gasteiger partial charge in [-0.25, -0.2) is 4.39 Å². The molecule has 0 saturated heterocycles. The first-order chi connectivity index (χ1) is 9.63. The van der Waals surface area contributed by atoms with Crippen LogP contribution in [0.15, 0.2) is 40.9 Å². The minimum absolute atomic E-state index is 0.00369.